The molecule has 2 aromatic rings. The van der Waals surface area contributed by atoms with Crippen LogP contribution in [0.5, 0.6) is 0 Å². The molecule has 1 aromatic heterocycles. The number of carbonyl (C=O) groups is 1. The predicted molar refractivity (Wildman–Crippen MR) is 94.3 cm³/mol. The summed E-state index contributed by atoms with van der Waals surface area (Å²) in [6.45, 7) is 3.06. The van der Waals surface area contributed by atoms with Crippen LogP contribution in [0.25, 0.3) is 6.08 Å². The van der Waals surface area contributed by atoms with Gasteiger partial charge < -0.3 is 0 Å². The molecule has 0 spiro atoms. The van der Waals surface area contributed by atoms with Gasteiger partial charge in [0.05, 0.1) is 4.92 Å². The van der Waals surface area contributed by atoms with Gasteiger partial charge in [-0.3, -0.25) is 30.0 Å². The largest absolute Gasteiger partial charge is 0.296 e. The van der Waals surface area contributed by atoms with E-state index in [1.807, 2.05) is 12.2 Å². The van der Waals surface area contributed by atoms with Crippen LogP contribution in [-0.2, 0) is 11.2 Å². The van der Waals surface area contributed by atoms with Crippen LogP contribution in [0, 0.1) is 17.0 Å². The topological polar surface area (TPSA) is 118 Å². The van der Waals surface area contributed by atoms with Crippen LogP contribution in [0.15, 0.2) is 35.1 Å². The highest BCUT2D eigenvalue weighted by Crippen LogP contribution is 2.13. The Balaban J connectivity index is 2.00. The van der Waals surface area contributed by atoms with Gasteiger partial charge in [0.1, 0.15) is 0 Å². The van der Waals surface area contributed by atoms with Gasteiger partial charge in [0.25, 0.3) is 11.2 Å². The van der Waals surface area contributed by atoms with E-state index in [-0.39, 0.29) is 23.1 Å². The van der Waals surface area contributed by atoms with Gasteiger partial charge in [0.2, 0.25) is 11.9 Å². The number of benzene rings is 1. The number of aryl methyl sites for hydroxylation is 1. The first kappa shape index (κ1) is 18.1. The molecule has 130 valence electrons. The average Bonchev–Trinajstić information content (AvgIpc) is 2.53. The molecule has 0 fully saturated rings. The number of amides is 1. The van der Waals surface area contributed by atoms with Gasteiger partial charge >= 0.3 is 0 Å². The second kappa shape index (κ2) is 8.00. The van der Waals surface area contributed by atoms with Gasteiger partial charge in [-0.15, -0.1) is 0 Å². The van der Waals surface area contributed by atoms with Crippen LogP contribution in [0.4, 0.5) is 11.6 Å². The molecule has 0 aliphatic heterocycles. The number of nitro groups is 1. The fraction of sp³-hybridized carbons (Fsp3) is 0.235. The van der Waals surface area contributed by atoms with E-state index < -0.39 is 4.92 Å². The average molecular weight is 342 g/mol. The standard InChI is InChI=1S/C17H18N4O4/c1-11-15(16(23)20-17(18-11)19-12(2)22)6-4-3-5-13-7-9-14(10-8-13)21(24)25/h3,5,7-10H,4,6H2,1-2H3,(H2,18,19,20,22,23). The molecule has 1 aromatic carbocycles. The van der Waals surface area contributed by atoms with Gasteiger partial charge in [0.15, 0.2) is 0 Å². The maximum atomic E-state index is 12.1. The van der Waals surface area contributed by atoms with E-state index in [0.29, 0.717) is 24.1 Å². The quantitative estimate of drug-likeness (QED) is 0.618. The number of carbonyl (C=O) groups excluding carboxylic acids is 1. The van der Waals surface area contributed by atoms with Crippen molar-refractivity contribution in [2.75, 3.05) is 5.32 Å². The fourth-order valence-electron chi connectivity index (χ4n) is 2.29. The smallest absolute Gasteiger partial charge is 0.269 e. The van der Waals surface area contributed by atoms with E-state index in [1.165, 1.54) is 19.1 Å². The number of hydrogen-bond acceptors (Lipinski definition) is 5. The maximum absolute atomic E-state index is 12.1. The van der Waals surface area contributed by atoms with E-state index in [0.717, 1.165) is 5.56 Å². The number of anilines is 1. The fourth-order valence-corrected chi connectivity index (χ4v) is 2.29. The van der Waals surface area contributed by atoms with Crippen LogP contribution in [0.2, 0.25) is 0 Å². The predicted octanol–water partition coefficient (Wildman–Crippen LogP) is 2.59. The molecule has 0 bridgehead atoms. The Bertz CT molecular complexity index is 869. The number of aromatic nitrogens is 2. The van der Waals surface area contributed by atoms with Gasteiger partial charge in [0, 0.05) is 30.3 Å². The third-order valence-corrected chi connectivity index (χ3v) is 3.49. The summed E-state index contributed by atoms with van der Waals surface area (Å²) in [4.78, 5) is 39.9. The molecule has 0 atom stereocenters. The lowest BCUT2D eigenvalue weighted by atomic mass is 10.1. The lowest BCUT2D eigenvalue weighted by Crippen LogP contribution is -2.20. The normalized spacial score (nSPS) is 10.8. The zero-order chi connectivity index (χ0) is 18.4. The number of nitrogens with one attached hydrogen (secondary N) is 2. The van der Waals surface area contributed by atoms with Crippen molar-refractivity contribution in [3.05, 3.63) is 67.6 Å². The summed E-state index contributed by atoms with van der Waals surface area (Å²) in [5.41, 5.74) is 1.73. The zero-order valence-corrected chi connectivity index (χ0v) is 13.9. The summed E-state index contributed by atoms with van der Waals surface area (Å²) in [6.07, 6.45) is 4.84. The van der Waals surface area contributed by atoms with E-state index in [1.54, 1.807) is 19.1 Å². The van der Waals surface area contributed by atoms with Crippen LogP contribution < -0.4 is 10.9 Å². The Hall–Kier alpha value is -3.29. The molecule has 2 rings (SSSR count). The number of aromatic amines is 1. The Morgan fingerprint density at radius 2 is 2.04 bits per heavy atom. The monoisotopic (exact) mass is 342 g/mol. The third-order valence-electron chi connectivity index (χ3n) is 3.49. The van der Waals surface area contributed by atoms with E-state index in [9.17, 15) is 19.7 Å². The molecule has 1 amide bonds. The Morgan fingerprint density at radius 1 is 1.36 bits per heavy atom. The highest BCUT2D eigenvalue weighted by molar-refractivity contribution is 5.86. The summed E-state index contributed by atoms with van der Waals surface area (Å²) >= 11 is 0. The van der Waals surface area contributed by atoms with Crippen molar-refractivity contribution in [2.24, 2.45) is 0 Å². The van der Waals surface area contributed by atoms with Gasteiger partial charge in [-0.2, -0.15) is 0 Å². The number of rotatable bonds is 6. The maximum Gasteiger partial charge on any atom is 0.269 e. The Labute approximate surface area is 143 Å². The molecule has 25 heavy (non-hydrogen) atoms. The van der Waals surface area contributed by atoms with Crippen molar-refractivity contribution < 1.29 is 9.72 Å². The van der Waals surface area contributed by atoms with Crippen LogP contribution >= 0.6 is 0 Å². The molecule has 0 saturated heterocycles. The van der Waals surface area contributed by atoms with Crippen LogP contribution in [-0.4, -0.2) is 20.8 Å². The Morgan fingerprint density at radius 3 is 2.60 bits per heavy atom. The molecule has 8 heteroatoms. The third kappa shape index (κ3) is 5.10. The van der Waals surface area contributed by atoms with E-state index in [2.05, 4.69) is 15.3 Å². The minimum absolute atomic E-state index is 0.0460. The SMILES string of the molecule is CC(=O)Nc1nc(C)c(CCC=Cc2ccc([N+](=O)[O-])cc2)c(=O)[nH]1. The number of H-pyrrole nitrogens is 1. The molecule has 2 N–H and O–H groups in total. The second-order valence-corrected chi connectivity index (χ2v) is 5.45. The number of hydrogen-bond donors (Lipinski definition) is 2. The van der Waals surface area contributed by atoms with Crippen molar-refractivity contribution >= 4 is 23.6 Å². The first-order chi connectivity index (χ1) is 11.9. The summed E-state index contributed by atoms with van der Waals surface area (Å²) in [6, 6.07) is 6.21. The highest BCUT2D eigenvalue weighted by Gasteiger charge is 2.08. The minimum Gasteiger partial charge on any atom is -0.296 e. The number of allylic oxidation sites excluding steroid dienone is 1. The molecule has 0 aliphatic rings. The molecule has 0 radical (unpaired) electrons. The summed E-state index contributed by atoms with van der Waals surface area (Å²) in [5.74, 6) is -0.165. The van der Waals surface area contributed by atoms with Crippen molar-refractivity contribution in [3.63, 3.8) is 0 Å². The molecule has 0 saturated carbocycles. The van der Waals surface area contributed by atoms with Crippen molar-refractivity contribution in [3.8, 4) is 0 Å². The molecule has 0 aliphatic carbocycles. The van der Waals surface area contributed by atoms with Gasteiger partial charge in [-0.1, -0.05) is 12.2 Å². The summed E-state index contributed by atoms with van der Waals surface area (Å²) in [5, 5.41) is 13.0. The molecule has 8 nitrogen and oxygen atoms in total. The van der Waals surface area contributed by atoms with E-state index in [4.69, 9.17) is 0 Å². The van der Waals surface area contributed by atoms with Crippen LogP contribution in [0.3, 0.4) is 0 Å². The molecule has 0 unspecified atom stereocenters. The van der Waals surface area contributed by atoms with E-state index >= 15 is 0 Å². The molecular weight excluding hydrogens is 324 g/mol. The van der Waals surface area contributed by atoms with Gasteiger partial charge in [-0.25, -0.2) is 4.98 Å². The molecular formula is C17H18N4O4. The minimum atomic E-state index is -0.444. The first-order valence-corrected chi connectivity index (χ1v) is 7.65. The lowest BCUT2D eigenvalue weighted by molar-refractivity contribution is -0.384. The molecule has 1 heterocycles. The van der Waals surface area contributed by atoms with Crippen molar-refractivity contribution in [1.29, 1.82) is 0 Å². The van der Waals surface area contributed by atoms with Crippen molar-refractivity contribution in [2.45, 2.75) is 26.7 Å². The Kier molecular flexibility index (Phi) is 5.78. The van der Waals surface area contributed by atoms with Crippen LogP contribution in [0.1, 0.15) is 30.2 Å². The highest BCUT2D eigenvalue weighted by atomic mass is 16.6. The zero-order valence-electron chi connectivity index (χ0n) is 13.9. The summed E-state index contributed by atoms with van der Waals surface area (Å²) in [7, 11) is 0. The number of nitrogens with zero attached hydrogens (tertiary/aromatic N) is 2. The number of nitro benzene ring substituents is 1. The first-order valence-electron chi connectivity index (χ1n) is 7.65. The van der Waals surface area contributed by atoms with Gasteiger partial charge in [-0.05, 0) is 37.5 Å². The lowest BCUT2D eigenvalue weighted by Gasteiger charge is -2.06. The second-order valence-electron chi connectivity index (χ2n) is 5.45. The summed E-state index contributed by atoms with van der Waals surface area (Å²) < 4.78 is 0. The number of non-ortho nitro benzene ring substituents is 1. The van der Waals surface area contributed by atoms with Crippen molar-refractivity contribution in [1.82, 2.24) is 9.97 Å².